The number of aliphatic hydroxyl groups excluding tert-OH is 1. The average molecular weight is 388 g/mol. The smallest absolute Gasteiger partial charge is 0.202 e. The molecule has 1 aromatic rings. The zero-order valence-corrected chi connectivity index (χ0v) is 18.2. The van der Waals surface area contributed by atoms with Crippen LogP contribution in [0.25, 0.3) is 0 Å². The Labute approximate surface area is 173 Å². The highest BCUT2D eigenvalue weighted by Crippen LogP contribution is 2.21. The second kappa shape index (κ2) is 13.9. The fraction of sp³-hybridized carbons (Fsp3) is 0.720. The summed E-state index contributed by atoms with van der Waals surface area (Å²) in [5, 5.41) is 9.68. The van der Waals surface area contributed by atoms with Crippen LogP contribution in [0.15, 0.2) is 35.3 Å². The summed E-state index contributed by atoms with van der Waals surface area (Å²) in [5.74, 6) is 1.28. The van der Waals surface area contributed by atoms with Crippen molar-refractivity contribution in [1.29, 1.82) is 0 Å². The Bertz CT molecular complexity index is 543. The minimum atomic E-state index is 0.256. The Hall–Kier alpha value is -1.19. The van der Waals surface area contributed by atoms with E-state index < -0.39 is 0 Å². The molecule has 158 valence electrons. The maximum atomic E-state index is 9.68. The van der Waals surface area contributed by atoms with Crippen LogP contribution in [0.1, 0.15) is 83.1 Å². The van der Waals surface area contributed by atoms with Gasteiger partial charge in [0.2, 0.25) is 5.84 Å². The number of hydrogen-bond acceptors (Lipinski definition) is 2. The fourth-order valence-electron chi connectivity index (χ4n) is 4.52. The van der Waals surface area contributed by atoms with Crippen molar-refractivity contribution in [3.05, 3.63) is 35.9 Å². The molecule has 1 aliphatic rings. The molecular weight excluding hydrogens is 344 g/mol. The minimum absolute atomic E-state index is 0.256. The first-order chi connectivity index (χ1) is 13.8. The van der Waals surface area contributed by atoms with Gasteiger partial charge in [0.25, 0.3) is 0 Å². The molecule has 28 heavy (non-hydrogen) atoms. The van der Waals surface area contributed by atoms with Crippen molar-refractivity contribution < 1.29 is 9.59 Å². The molecule has 1 unspecified atom stereocenters. The Balaban J connectivity index is 1.66. The summed E-state index contributed by atoms with van der Waals surface area (Å²) in [6, 6.07) is 10.7. The van der Waals surface area contributed by atoms with Gasteiger partial charge in [-0.05, 0) is 18.4 Å². The van der Waals surface area contributed by atoms with E-state index in [1.54, 1.807) is 0 Å². The maximum absolute atomic E-state index is 9.68. The fourth-order valence-corrected chi connectivity index (χ4v) is 4.52. The minimum Gasteiger partial charge on any atom is -0.390 e. The second-order valence-corrected chi connectivity index (χ2v) is 8.54. The molecular formula is C25H43N2O+. The van der Waals surface area contributed by atoms with Crippen LogP contribution in [-0.4, -0.2) is 48.2 Å². The lowest BCUT2D eigenvalue weighted by Gasteiger charge is -2.34. The van der Waals surface area contributed by atoms with Gasteiger partial charge in [0.15, 0.2) is 0 Å². The van der Waals surface area contributed by atoms with Crippen LogP contribution in [0.5, 0.6) is 0 Å². The van der Waals surface area contributed by atoms with Crippen molar-refractivity contribution in [2.24, 2.45) is 4.99 Å². The van der Waals surface area contributed by atoms with Gasteiger partial charge in [-0.2, -0.15) is 0 Å². The molecule has 2 rings (SSSR count). The molecule has 0 bridgehead atoms. The van der Waals surface area contributed by atoms with Crippen LogP contribution in [0, 0.1) is 0 Å². The normalized spacial score (nSPS) is 19.1. The molecule has 1 atom stereocenters. The molecule has 0 spiro atoms. The van der Waals surface area contributed by atoms with E-state index >= 15 is 0 Å². The molecule has 1 aliphatic heterocycles. The van der Waals surface area contributed by atoms with E-state index in [1.165, 1.54) is 82.0 Å². The van der Waals surface area contributed by atoms with Gasteiger partial charge in [-0.1, -0.05) is 95.0 Å². The lowest BCUT2D eigenvalue weighted by molar-refractivity contribution is -0.837. The van der Waals surface area contributed by atoms with Crippen LogP contribution in [0.2, 0.25) is 0 Å². The van der Waals surface area contributed by atoms with Gasteiger partial charge in [0.1, 0.15) is 13.1 Å². The monoisotopic (exact) mass is 387 g/mol. The van der Waals surface area contributed by atoms with Crippen molar-refractivity contribution in [2.75, 3.05) is 32.8 Å². The SMILES string of the molecule is CCCCCCCCCCCCC[N+]1(CCO)CCN=C1Cc1ccccc1. The van der Waals surface area contributed by atoms with Crippen LogP contribution < -0.4 is 0 Å². The molecule has 3 heteroatoms. The second-order valence-electron chi connectivity index (χ2n) is 8.54. The topological polar surface area (TPSA) is 32.6 Å². The number of hydrogen-bond donors (Lipinski definition) is 1. The summed E-state index contributed by atoms with van der Waals surface area (Å²) < 4.78 is 0.919. The Morgan fingerprint density at radius 1 is 0.821 bits per heavy atom. The molecule has 0 saturated carbocycles. The lowest BCUT2D eigenvalue weighted by atomic mass is 10.1. The van der Waals surface area contributed by atoms with Gasteiger partial charge in [-0.15, -0.1) is 0 Å². The highest BCUT2D eigenvalue weighted by molar-refractivity contribution is 5.79. The molecule has 1 N–H and O–H groups in total. The zero-order valence-electron chi connectivity index (χ0n) is 18.2. The van der Waals surface area contributed by atoms with Crippen LogP contribution in [0.4, 0.5) is 0 Å². The molecule has 1 aromatic carbocycles. The molecule has 3 nitrogen and oxygen atoms in total. The average Bonchev–Trinajstić information content (AvgIpc) is 3.09. The third-order valence-corrected chi connectivity index (χ3v) is 6.29. The first kappa shape index (κ1) is 23.1. The lowest BCUT2D eigenvalue weighted by Crippen LogP contribution is -2.53. The predicted molar refractivity (Wildman–Crippen MR) is 121 cm³/mol. The van der Waals surface area contributed by atoms with Crippen molar-refractivity contribution in [3.8, 4) is 0 Å². The number of aliphatic imine (C=N–C) groups is 1. The molecule has 0 saturated heterocycles. The summed E-state index contributed by atoms with van der Waals surface area (Å²) in [6.45, 7) is 6.49. The molecule has 0 radical (unpaired) electrons. The van der Waals surface area contributed by atoms with E-state index in [0.717, 1.165) is 37.1 Å². The molecule has 0 aliphatic carbocycles. The van der Waals surface area contributed by atoms with Gasteiger partial charge < -0.3 is 5.11 Å². The van der Waals surface area contributed by atoms with Crippen LogP contribution in [0.3, 0.4) is 0 Å². The highest BCUT2D eigenvalue weighted by atomic mass is 16.3. The van der Waals surface area contributed by atoms with Crippen molar-refractivity contribution in [1.82, 2.24) is 0 Å². The molecule has 0 amide bonds. The van der Waals surface area contributed by atoms with Crippen LogP contribution in [-0.2, 0) is 6.42 Å². The van der Waals surface area contributed by atoms with E-state index in [4.69, 9.17) is 4.99 Å². The van der Waals surface area contributed by atoms with Gasteiger partial charge in [0, 0.05) is 0 Å². The first-order valence-corrected chi connectivity index (χ1v) is 11.9. The summed E-state index contributed by atoms with van der Waals surface area (Å²) >= 11 is 0. The van der Waals surface area contributed by atoms with Crippen LogP contribution >= 0.6 is 0 Å². The molecule has 1 heterocycles. The van der Waals surface area contributed by atoms with Gasteiger partial charge in [-0.25, -0.2) is 4.99 Å². The summed E-state index contributed by atoms with van der Waals surface area (Å²) in [4.78, 5) is 4.85. The summed E-state index contributed by atoms with van der Waals surface area (Å²) in [6.07, 6.45) is 16.1. The van der Waals surface area contributed by atoms with E-state index in [1.807, 2.05) is 0 Å². The summed E-state index contributed by atoms with van der Waals surface area (Å²) in [5.41, 5.74) is 1.34. The standard InChI is InChI=1S/C25H43N2O/c1-2-3-4-5-6-7-8-9-10-11-15-19-27(21-22-28)20-18-26-25(27)23-24-16-13-12-14-17-24/h12-14,16-17,28H,2-11,15,18-23H2,1H3/q+1. The van der Waals surface area contributed by atoms with Gasteiger partial charge in [-0.3, -0.25) is 4.48 Å². The predicted octanol–water partition coefficient (Wildman–Crippen LogP) is 5.76. The largest absolute Gasteiger partial charge is 0.390 e. The third kappa shape index (κ3) is 8.05. The zero-order chi connectivity index (χ0) is 19.9. The molecule has 0 fully saturated rings. The third-order valence-electron chi connectivity index (χ3n) is 6.29. The summed E-state index contributed by atoms with van der Waals surface area (Å²) in [7, 11) is 0. The van der Waals surface area contributed by atoms with E-state index in [2.05, 4.69) is 37.3 Å². The Morgan fingerprint density at radius 2 is 1.43 bits per heavy atom. The Kier molecular flexibility index (Phi) is 11.5. The quantitative estimate of drug-likeness (QED) is 0.284. The van der Waals surface area contributed by atoms with Gasteiger partial charge in [0.05, 0.1) is 26.1 Å². The number of amidine groups is 1. The number of unbranched alkanes of at least 4 members (excludes halogenated alkanes) is 10. The van der Waals surface area contributed by atoms with E-state index in [0.29, 0.717) is 0 Å². The maximum Gasteiger partial charge on any atom is 0.202 e. The van der Waals surface area contributed by atoms with Crippen molar-refractivity contribution >= 4 is 5.84 Å². The van der Waals surface area contributed by atoms with E-state index in [9.17, 15) is 5.11 Å². The number of quaternary nitrogens is 1. The Morgan fingerprint density at radius 3 is 2.04 bits per heavy atom. The number of aliphatic hydroxyl groups is 1. The number of benzene rings is 1. The first-order valence-electron chi connectivity index (χ1n) is 11.9. The number of nitrogens with zero attached hydrogens (tertiary/aromatic N) is 2. The van der Waals surface area contributed by atoms with Gasteiger partial charge >= 0.3 is 0 Å². The number of rotatable bonds is 16. The van der Waals surface area contributed by atoms with E-state index in [-0.39, 0.29) is 6.61 Å². The van der Waals surface area contributed by atoms with Crippen molar-refractivity contribution in [3.63, 3.8) is 0 Å². The highest BCUT2D eigenvalue weighted by Gasteiger charge is 2.36. The molecule has 0 aromatic heterocycles. The van der Waals surface area contributed by atoms with Crippen molar-refractivity contribution in [2.45, 2.75) is 84.0 Å².